The van der Waals surface area contributed by atoms with E-state index in [0.717, 1.165) is 6.92 Å². The van der Waals surface area contributed by atoms with Crippen LogP contribution in [0, 0.1) is 17.5 Å². The molecule has 11 heteroatoms. The van der Waals surface area contributed by atoms with Gasteiger partial charge in [0.1, 0.15) is 34.5 Å². The van der Waals surface area contributed by atoms with Crippen molar-refractivity contribution in [1.29, 1.82) is 0 Å². The SMILES string of the molecule is CC(Nc1nc(N(C)C)nc(Cl)c1-c1c(F)cc(F)cc1F)C(F)(F)F. The van der Waals surface area contributed by atoms with Crippen molar-refractivity contribution in [2.45, 2.75) is 19.1 Å². The number of halogens is 7. The van der Waals surface area contributed by atoms with Gasteiger partial charge in [-0.15, -0.1) is 0 Å². The quantitative estimate of drug-likeness (QED) is 0.601. The number of nitrogens with one attached hydrogen (secondary N) is 1. The lowest BCUT2D eigenvalue weighted by molar-refractivity contribution is -0.138. The normalized spacial score (nSPS) is 12.8. The van der Waals surface area contributed by atoms with E-state index < -0.39 is 51.8 Å². The Morgan fingerprint density at radius 2 is 1.58 bits per heavy atom. The van der Waals surface area contributed by atoms with Gasteiger partial charge in [0.25, 0.3) is 0 Å². The Morgan fingerprint density at radius 3 is 2.04 bits per heavy atom. The molecule has 0 saturated heterocycles. The average Bonchev–Trinajstić information content (AvgIpc) is 2.47. The van der Waals surface area contributed by atoms with E-state index in [-0.39, 0.29) is 5.95 Å². The van der Waals surface area contributed by atoms with E-state index in [1.807, 2.05) is 5.32 Å². The third-order valence-electron chi connectivity index (χ3n) is 3.35. The fraction of sp³-hybridized carbons (Fsp3) is 0.333. The summed E-state index contributed by atoms with van der Waals surface area (Å²) in [4.78, 5) is 9.02. The van der Waals surface area contributed by atoms with Crippen molar-refractivity contribution in [2.75, 3.05) is 24.3 Å². The minimum Gasteiger partial charge on any atom is -0.358 e. The van der Waals surface area contributed by atoms with E-state index in [0.29, 0.717) is 12.1 Å². The molecule has 0 bridgehead atoms. The fourth-order valence-electron chi connectivity index (χ4n) is 2.02. The molecule has 0 aliphatic rings. The monoisotopic (exact) mass is 398 g/mol. The Hall–Kier alpha value is -2.23. The molecule has 1 heterocycles. The molecule has 1 aromatic carbocycles. The van der Waals surface area contributed by atoms with E-state index in [1.165, 1.54) is 19.0 Å². The third-order valence-corrected chi connectivity index (χ3v) is 3.63. The number of aromatic nitrogens is 2. The highest BCUT2D eigenvalue weighted by Crippen LogP contribution is 2.38. The summed E-state index contributed by atoms with van der Waals surface area (Å²) in [7, 11) is 3.00. The van der Waals surface area contributed by atoms with Crippen LogP contribution in [-0.4, -0.2) is 36.3 Å². The van der Waals surface area contributed by atoms with Crippen molar-refractivity contribution >= 4 is 23.4 Å². The smallest absolute Gasteiger partial charge is 0.358 e. The summed E-state index contributed by atoms with van der Waals surface area (Å²) in [6, 6.07) is -1.34. The van der Waals surface area contributed by atoms with Gasteiger partial charge in [0.15, 0.2) is 0 Å². The van der Waals surface area contributed by atoms with Gasteiger partial charge < -0.3 is 10.2 Å². The summed E-state index contributed by atoms with van der Waals surface area (Å²) in [6.07, 6.45) is -4.66. The largest absolute Gasteiger partial charge is 0.408 e. The Bertz CT molecular complexity index is 802. The summed E-state index contributed by atoms with van der Waals surface area (Å²) in [5.74, 6) is -4.52. The first-order chi connectivity index (χ1) is 11.9. The minimum atomic E-state index is -4.66. The number of hydrogen-bond acceptors (Lipinski definition) is 4. The Morgan fingerprint density at radius 1 is 1.04 bits per heavy atom. The summed E-state index contributed by atoms with van der Waals surface area (Å²) < 4.78 is 80.1. The van der Waals surface area contributed by atoms with Crippen LogP contribution in [0.1, 0.15) is 6.92 Å². The molecule has 1 N–H and O–H groups in total. The van der Waals surface area contributed by atoms with E-state index in [2.05, 4.69) is 9.97 Å². The third kappa shape index (κ3) is 4.12. The van der Waals surface area contributed by atoms with Gasteiger partial charge in [-0.05, 0) is 6.92 Å². The molecule has 4 nitrogen and oxygen atoms in total. The highest BCUT2D eigenvalue weighted by atomic mass is 35.5. The standard InChI is InChI=1S/C15H13ClF6N4/c1-6(15(20,21)22)23-13-11(12(16)24-14(25-13)26(2)3)10-8(18)4-7(17)5-9(10)19/h4-6H,1-3H3,(H,23,24,25). The molecule has 1 unspecified atom stereocenters. The molecule has 2 rings (SSSR count). The van der Waals surface area contributed by atoms with Crippen molar-refractivity contribution in [1.82, 2.24) is 9.97 Å². The first kappa shape index (κ1) is 20.1. The molecule has 2 aromatic rings. The molecule has 142 valence electrons. The number of benzene rings is 1. The van der Waals surface area contributed by atoms with Gasteiger partial charge in [0.2, 0.25) is 5.95 Å². The van der Waals surface area contributed by atoms with E-state index in [1.54, 1.807) is 0 Å². The van der Waals surface area contributed by atoms with Crippen LogP contribution in [0.4, 0.5) is 38.1 Å². The first-order valence-electron chi connectivity index (χ1n) is 7.14. The highest BCUT2D eigenvalue weighted by Gasteiger charge is 2.37. The van der Waals surface area contributed by atoms with Crippen LogP contribution < -0.4 is 10.2 Å². The summed E-state index contributed by atoms with van der Waals surface area (Å²) in [5, 5.41) is 1.54. The zero-order chi connectivity index (χ0) is 19.8. The van der Waals surface area contributed by atoms with Gasteiger partial charge in [-0.1, -0.05) is 11.6 Å². The van der Waals surface area contributed by atoms with Crippen LogP contribution in [-0.2, 0) is 0 Å². The van der Waals surface area contributed by atoms with Crippen molar-refractivity contribution in [2.24, 2.45) is 0 Å². The number of hydrogen-bond donors (Lipinski definition) is 1. The maximum Gasteiger partial charge on any atom is 0.408 e. The Kier molecular flexibility index (Phi) is 5.55. The predicted octanol–water partition coefficient (Wildman–Crippen LogP) is 4.64. The molecule has 0 aliphatic heterocycles. The van der Waals surface area contributed by atoms with Gasteiger partial charge in [-0.3, -0.25) is 0 Å². The lowest BCUT2D eigenvalue weighted by Gasteiger charge is -2.22. The highest BCUT2D eigenvalue weighted by molar-refractivity contribution is 6.32. The molecule has 0 aliphatic carbocycles. The summed E-state index contributed by atoms with van der Waals surface area (Å²) in [5.41, 5.74) is -1.37. The maximum absolute atomic E-state index is 14.1. The zero-order valence-electron chi connectivity index (χ0n) is 13.7. The average molecular weight is 399 g/mol. The predicted molar refractivity (Wildman–Crippen MR) is 85.8 cm³/mol. The molecule has 0 amide bonds. The van der Waals surface area contributed by atoms with Crippen LogP contribution in [0.15, 0.2) is 12.1 Å². The van der Waals surface area contributed by atoms with Gasteiger partial charge in [0.05, 0.1) is 11.1 Å². The van der Waals surface area contributed by atoms with Gasteiger partial charge in [-0.25, -0.2) is 18.2 Å². The molecule has 26 heavy (non-hydrogen) atoms. The molecule has 0 radical (unpaired) electrons. The fourth-order valence-corrected chi connectivity index (χ4v) is 2.28. The van der Waals surface area contributed by atoms with E-state index >= 15 is 0 Å². The maximum atomic E-state index is 14.1. The lowest BCUT2D eigenvalue weighted by atomic mass is 10.1. The first-order valence-corrected chi connectivity index (χ1v) is 7.52. The molecule has 0 saturated carbocycles. The van der Waals surface area contributed by atoms with Crippen LogP contribution in [0.25, 0.3) is 11.1 Å². The van der Waals surface area contributed by atoms with E-state index in [9.17, 15) is 26.3 Å². The molecule has 1 atom stereocenters. The molecule has 0 fully saturated rings. The van der Waals surface area contributed by atoms with Crippen molar-refractivity contribution in [3.05, 3.63) is 34.7 Å². The van der Waals surface area contributed by atoms with Crippen molar-refractivity contribution < 1.29 is 26.3 Å². The zero-order valence-corrected chi connectivity index (χ0v) is 14.5. The number of nitrogens with zero attached hydrogens (tertiary/aromatic N) is 3. The van der Waals surface area contributed by atoms with Crippen molar-refractivity contribution in [3.8, 4) is 11.1 Å². The van der Waals surface area contributed by atoms with Crippen LogP contribution in [0.5, 0.6) is 0 Å². The molecular weight excluding hydrogens is 386 g/mol. The second-order valence-corrected chi connectivity index (χ2v) is 5.94. The lowest BCUT2D eigenvalue weighted by Crippen LogP contribution is -2.34. The van der Waals surface area contributed by atoms with Gasteiger partial charge in [0, 0.05) is 26.2 Å². The second-order valence-electron chi connectivity index (χ2n) is 5.58. The molecular formula is C15H13ClF6N4. The Labute approximate surface area is 149 Å². The summed E-state index contributed by atoms with van der Waals surface area (Å²) in [6.45, 7) is 0.798. The Balaban J connectivity index is 2.73. The molecule has 1 aromatic heterocycles. The van der Waals surface area contributed by atoms with Crippen LogP contribution in [0.2, 0.25) is 5.15 Å². The molecule has 0 spiro atoms. The van der Waals surface area contributed by atoms with Gasteiger partial charge in [-0.2, -0.15) is 18.2 Å². The van der Waals surface area contributed by atoms with E-state index in [4.69, 9.17) is 11.6 Å². The van der Waals surface area contributed by atoms with Crippen LogP contribution >= 0.6 is 11.6 Å². The van der Waals surface area contributed by atoms with Crippen molar-refractivity contribution in [3.63, 3.8) is 0 Å². The summed E-state index contributed by atoms with van der Waals surface area (Å²) >= 11 is 5.97. The van der Waals surface area contributed by atoms with Gasteiger partial charge >= 0.3 is 6.18 Å². The number of rotatable bonds is 4. The number of anilines is 2. The topological polar surface area (TPSA) is 41.1 Å². The minimum absolute atomic E-state index is 0.0847. The van der Waals surface area contributed by atoms with Crippen LogP contribution in [0.3, 0.4) is 0 Å². The second kappa shape index (κ2) is 7.18. The number of alkyl halides is 3.